The van der Waals surface area contributed by atoms with Crippen LogP contribution in [0.3, 0.4) is 0 Å². The van der Waals surface area contributed by atoms with Gasteiger partial charge in [-0.15, -0.1) is 10.2 Å². The molecule has 1 heterocycles. The Morgan fingerprint density at radius 3 is 2.52 bits per heavy atom. The molecule has 0 spiro atoms. The van der Waals surface area contributed by atoms with Gasteiger partial charge in [-0.1, -0.05) is 58.0 Å². The number of carbonyl (C=O) groups excluding carboxylic acids is 2. The van der Waals surface area contributed by atoms with Crippen LogP contribution in [0.2, 0.25) is 0 Å². The van der Waals surface area contributed by atoms with E-state index in [0.717, 1.165) is 10.0 Å². The number of benzene rings is 2. The van der Waals surface area contributed by atoms with E-state index >= 15 is 0 Å². The summed E-state index contributed by atoms with van der Waals surface area (Å²) in [6.07, 6.45) is 0. The van der Waals surface area contributed by atoms with Gasteiger partial charge in [-0.25, -0.2) is 0 Å². The van der Waals surface area contributed by atoms with Crippen molar-refractivity contribution in [2.24, 2.45) is 7.05 Å². The average Bonchev–Trinajstić information content (AvgIpc) is 3.07. The highest BCUT2D eigenvalue weighted by Crippen LogP contribution is 2.21. The molecule has 1 amide bonds. The van der Waals surface area contributed by atoms with E-state index in [1.807, 2.05) is 55.8 Å². The number of nitrogens with zero attached hydrogens (tertiary/aromatic N) is 3. The molecule has 0 saturated heterocycles. The molecule has 0 saturated carbocycles. The van der Waals surface area contributed by atoms with Crippen LogP contribution < -0.4 is 5.32 Å². The summed E-state index contributed by atoms with van der Waals surface area (Å²) in [6.45, 7) is 3.76. The largest absolute Gasteiger partial charge is 0.342 e. The normalized spacial score (nSPS) is 11.9. The summed E-state index contributed by atoms with van der Waals surface area (Å²) in [7, 11) is 1.83. The van der Waals surface area contributed by atoms with E-state index in [2.05, 4.69) is 31.4 Å². The summed E-state index contributed by atoms with van der Waals surface area (Å²) in [5.74, 6) is 0.758. The van der Waals surface area contributed by atoms with E-state index in [1.165, 1.54) is 11.8 Å². The smallest absolute Gasteiger partial charge is 0.252 e. The molecular formula is C21H21BrN4O2S. The maximum atomic E-state index is 12.5. The molecule has 1 N–H and O–H groups in total. The maximum absolute atomic E-state index is 12.5. The average molecular weight is 473 g/mol. The minimum absolute atomic E-state index is 0.0213. The van der Waals surface area contributed by atoms with Gasteiger partial charge in [0.05, 0.1) is 11.8 Å². The lowest BCUT2D eigenvalue weighted by Gasteiger charge is -2.14. The van der Waals surface area contributed by atoms with Crippen molar-refractivity contribution in [1.29, 1.82) is 0 Å². The second kappa shape index (κ2) is 9.37. The zero-order valence-corrected chi connectivity index (χ0v) is 18.8. The standard InChI is InChI=1S/C21H21BrN4O2S/c1-13-6-4-5-7-17(13)20(28)23-14(2)19-24-25-21(26(19)3)29-12-18(27)15-8-10-16(22)11-9-15/h4-11,14H,12H2,1-3H3,(H,23,28)/t14-/m1/s1. The Morgan fingerprint density at radius 1 is 1.14 bits per heavy atom. The Balaban J connectivity index is 1.64. The fraction of sp³-hybridized carbons (Fsp3) is 0.238. The molecule has 29 heavy (non-hydrogen) atoms. The Hall–Kier alpha value is -2.45. The molecule has 0 unspecified atom stereocenters. The van der Waals surface area contributed by atoms with E-state index in [4.69, 9.17) is 0 Å². The number of halogens is 1. The monoisotopic (exact) mass is 472 g/mol. The zero-order chi connectivity index (χ0) is 21.0. The quantitative estimate of drug-likeness (QED) is 0.408. The van der Waals surface area contributed by atoms with Crippen molar-refractivity contribution in [3.05, 3.63) is 75.5 Å². The van der Waals surface area contributed by atoms with Gasteiger partial charge in [0.15, 0.2) is 16.8 Å². The Bertz CT molecular complexity index is 1030. The van der Waals surface area contributed by atoms with Crippen LogP contribution >= 0.6 is 27.7 Å². The Morgan fingerprint density at radius 2 is 1.83 bits per heavy atom. The maximum Gasteiger partial charge on any atom is 0.252 e. The molecule has 1 aromatic heterocycles. The number of thioether (sulfide) groups is 1. The van der Waals surface area contributed by atoms with E-state index in [9.17, 15) is 9.59 Å². The third-order valence-corrected chi connectivity index (χ3v) is 6.04. The number of hydrogen-bond donors (Lipinski definition) is 1. The first kappa shape index (κ1) is 21.3. The first-order valence-corrected chi connectivity index (χ1v) is 10.8. The molecule has 0 aliphatic heterocycles. The number of rotatable bonds is 7. The van der Waals surface area contributed by atoms with Crippen LogP contribution in [0.4, 0.5) is 0 Å². The summed E-state index contributed by atoms with van der Waals surface area (Å²) in [6, 6.07) is 14.4. The molecule has 150 valence electrons. The molecule has 0 fully saturated rings. The number of carbonyl (C=O) groups is 2. The predicted molar refractivity (Wildman–Crippen MR) is 117 cm³/mol. The zero-order valence-electron chi connectivity index (χ0n) is 16.3. The van der Waals surface area contributed by atoms with Crippen LogP contribution in [0.5, 0.6) is 0 Å². The lowest BCUT2D eigenvalue weighted by molar-refractivity contribution is 0.0936. The molecule has 0 aliphatic carbocycles. The highest BCUT2D eigenvalue weighted by Gasteiger charge is 2.19. The fourth-order valence-corrected chi connectivity index (χ4v) is 3.92. The lowest BCUT2D eigenvalue weighted by Crippen LogP contribution is -2.29. The molecule has 2 aromatic carbocycles. The van der Waals surface area contributed by atoms with Crippen molar-refractivity contribution in [2.75, 3.05) is 5.75 Å². The van der Waals surface area contributed by atoms with Crippen molar-refractivity contribution in [3.63, 3.8) is 0 Å². The minimum Gasteiger partial charge on any atom is -0.342 e. The molecule has 0 aliphatic rings. The van der Waals surface area contributed by atoms with Crippen LogP contribution in [-0.2, 0) is 7.05 Å². The SMILES string of the molecule is Cc1ccccc1C(=O)N[C@H](C)c1nnc(SCC(=O)c2ccc(Br)cc2)n1C. The summed E-state index contributed by atoms with van der Waals surface area (Å²) in [5, 5.41) is 12.0. The van der Waals surface area contributed by atoms with E-state index in [0.29, 0.717) is 22.1 Å². The van der Waals surface area contributed by atoms with Gasteiger partial charge in [0.25, 0.3) is 5.91 Å². The number of amides is 1. The van der Waals surface area contributed by atoms with Gasteiger partial charge < -0.3 is 9.88 Å². The van der Waals surface area contributed by atoms with Gasteiger partial charge in [0.1, 0.15) is 0 Å². The predicted octanol–water partition coefficient (Wildman–Crippen LogP) is 4.35. The third-order valence-electron chi connectivity index (χ3n) is 4.49. The van der Waals surface area contributed by atoms with E-state index in [-0.39, 0.29) is 23.5 Å². The molecule has 8 heteroatoms. The third kappa shape index (κ3) is 5.13. The van der Waals surface area contributed by atoms with Crippen LogP contribution in [-0.4, -0.2) is 32.2 Å². The molecule has 3 rings (SSSR count). The van der Waals surface area contributed by atoms with E-state index < -0.39 is 0 Å². The highest BCUT2D eigenvalue weighted by atomic mass is 79.9. The van der Waals surface area contributed by atoms with Crippen LogP contribution in [0.15, 0.2) is 58.2 Å². The molecular weight excluding hydrogens is 452 g/mol. The lowest BCUT2D eigenvalue weighted by atomic mass is 10.1. The first-order valence-electron chi connectivity index (χ1n) is 9.04. The van der Waals surface area contributed by atoms with E-state index in [1.54, 1.807) is 18.2 Å². The number of aromatic nitrogens is 3. The molecule has 0 radical (unpaired) electrons. The number of nitrogens with one attached hydrogen (secondary N) is 1. The summed E-state index contributed by atoms with van der Waals surface area (Å²) in [4.78, 5) is 24.9. The van der Waals surface area contributed by atoms with Gasteiger partial charge in [-0.05, 0) is 37.6 Å². The second-order valence-corrected chi connectivity index (χ2v) is 8.49. The van der Waals surface area contributed by atoms with Gasteiger partial charge in [0, 0.05) is 22.6 Å². The fourth-order valence-electron chi connectivity index (χ4n) is 2.84. The number of hydrogen-bond acceptors (Lipinski definition) is 5. The van der Waals surface area contributed by atoms with Crippen molar-refractivity contribution in [2.45, 2.75) is 25.0 Å². The van der Waals surface area contributed by atoms with Crippen molar-refractivity contribution < 1.29 is 9.59 Å². The Kier molecular flexibility index (Phi) is 6.87. The van der Waals surface area contributed by atoms with Crippen molar-refractivity contribution in [3.8, 4) is 0 Å². The van der Waals surface area contributed by atoms with Gasteiger partial charge in [-0.2, -0.15) is 0 Å². The first-order chi connectivity index (χ1) is 13.9. The molecule has 3 aromatic rings. The summed E-state index contributed by atoms with van der Waals surface area (Å²) in [5.41, 5.74) is 2.20. The van der Waals surface area contributed by atoms with Gasteiger partial charge in [-0.3, -0.25) is 9.59 Å². The van der Waals surface area contributed by atoms with Crippen molar-refractivity contribution >= 4 is 39.4 Å². The van der Waals surface area contributed by atoms with Crippen LogP contribution in [0.25, 0.3) is 0 Å². The van der Waals surface area contributed by atoms with Gasteiger partial charge in [0.2, 0.25) is 0 Å². The second-order valence-electron chi connectivity index (χ2n) is 6.63. The summed E-state index contributed by atoms with van der Waals surface area (Å²) < 4.78 is 2.74. The number of aryl methyl sites for hydroxylation is 1. The topological polar surface area (TPSA) is 76.9 Å². The van der Waals surface area contributed by atoms with Crippen LogP contribution in [0, 0.1) is 6.92 Å². The minimum atomic E-state index is -0.323. The van der Waals surface area contributed by atoms with Crippen LogP contribution in [0.1, 0.15) is 45.1 Å². The van der Waals surface area contributed by atoms with Gasteiger partial charge >= 0.3 is 0 Å². The number of ketones is 1. The highest BCUT2D eigenvalue weighted by molar-refractivity contribution is 9.10. The van der Waals surface area contributed by atoms with Crippen molar-refractivity contribution in [1.82, 2.24) is 20.1 Å². The Labute approximate surface area is 182 Å². The molecule has 6 nitrogen and oxygen atoms in total. The molecule has 0 bridgehead atoms. The molecule has 1 atom stereocenters. The number of Topliss-reactive ketones (excluding diaryl/α,β-unsaturated/α-hetero) is 1. The summed E-state index contributed by atoms with van der Waals surface area (Å²) >= 11 is 4.69.